The number of carbonyl (C=O) groups is 1. The van der Waals surface area contributed by atoms with Crippen LogP contribution in [-0.2, 0) is 24.1 Å². The van der Waals surface area contributed by atoms with E-state index in [0.29, 0.717) is 44.1 Å². The highest BCUT2D eigenvalue weighted by Crippen LogP contribution is 2.33. The smallest absolute Gasteiger partial charge is 0.371 e. The zero-order valence-electron chi connectivity index (χ0n) is 17.0. The first-order valence-electron chi connectivity index (χ1n) is 9.97. The molecule has 0 bridgehead atoms. The minimum absolute atomic E-state index is 0.0323. The van der Waals surface area contributed by atoms with E-state index in [9.17, 15) is 18.0 Å². The first-order valence-corrected chi connectivity index (χ1v) is 9.97. The van der Waals surface area contributed by atoms with E-state index in [1.165, 1.54) is 6.20 Å². The summed E-state index contributed by atoms with van der Waals surface area (Å²) >= 11 is 0. The molecule has 3 aromatic rings. The van der Waals surface area contributed by atoms with Crippen LogP contribution in [0.25, 0.3) is 5.78 Å². The van der Waals surface area contributed by atoms with Gasteiger partial charge in [0.15, 0.2) is 0 Å². The molecule has 0 unspecified atom stereocenters. The van der Waals surface area contributed by atoms with Crippen molar-refractivity contribution in [2.45, 2.75) is 39.5 Å². The van der Waals surface area contributed by atoms with Gasteiger partial charge in [-0.1, -0.05) is 0 Å². The lowest BCUT2D eigenvalue weighted by Crippen LogP contribution is -2.48. The predicted octanol–water partition coefficient (Wildman–Crippen LogP) is 2.52. The van der Waals surface area contributed by atoms with Gasteiger partial charge in [-0.2, -0.15) is 13.2 Å². The number of aromatic nitrogens is 5. The molecule has 2 aliphatic heterocycles. The van der Waals surface area contributed by atoms with Crippen LogP contribution in [0.1, 0.15) is 34.9 Å². The summed E-state index contributed by atoms with van der Waals surface area (Å²) in [5, 5.41) is 8.15. The third-order valence-electron chi connectivity index (χ3n) is 5.99. The Bertz CT molecular complexity index is 1180. The molecule has 31 heavy (non-hydrogen) atoms. The summed E-state index contributed by atoms with van der Waals surface area (Å²) in [5.74, 6) is 1.41. The molecular weight excluding hydrogens is 411 g/mol. The van der Waals surface area contributed by atoms with Gasteiger partial charge in [0.25, 0.3) is 5.78 Å². The number of hydrogen-bond acceptors (Lipinski definition) is 6. The lowest BCUT2D eigenvalue weighted by atomic mass is 9.95. The summed E-state index contributed by atoms with van der Waals surface area (Å²) in [4.78, 5) is 24.4. The Morgan fingerprint density at radius 3 is 2.71 bits per heavy atom. The Kier molecular flexibility index (Phi) is 4.38. The van der Waals surface area contributed by atoms with Crippen LogP contribution >= 0.6 is 0 Å². The molecule has 0 aliphatic carbocycles. The fourth-order valence-electron chi connectivity index (χ4n) is 4.33. The quantitative estimate of drug-likeness (QED) is 0.634. The average molecular weight is 431 g/mol. The van der Waals surface area contributed by atoms with Gasteiger partial charge in [0.2, 0.25) is 5.91 Å². The van der Waals surface area contributed by atoms with Crippen molar-refractivity contribution in [3.05, 3.63) is 46.8 Å². The average Bonchev–Trinajstić information content (AvgIpc) is 3.28. The maximum absolute atomic E-state index is 12.9. The minimum atomic E-state index is -4.47. The molecule has 1 saturated heterocycles. The van der Waals surface area contributed by atoms with E-state index in [1.807, 2.05) is 23.1 Å². The van der Waals surface area contributed by atoms with Crippen LogP contribution in [-0.4, -0.2) is 48.5 Å². The lowest BCUT2D eigenvalue weighted by Gasteiger charge is -2.41. The third-order valence-corrected chi connectivity index (χ3v) is 5.99. The van der Waals surface area contributed by atoms with Crippen molar-refractivity contribution in [1.29, 1.82) is 0 Å². The molecule has 5 heterocycles. The van der Waals surface area contributed by atoms with Gasteiger partial charge in [-0.25, -0.2) is 4.98 Å². The molecule has 1 fully saturated rings. The number of hydrogen-bond donors (Lipinski definition) is 0. The topological polar surface area (TPSA) is 79.5 Å². The van der Waals surface area contributed by atoms with Gasteiger partial charge in [-0.3, -0.25) is 14.2 Å². The number of pyridine rings is 1. The van der Waals surface area contributed by atoms with Gasteiger partial charge < -0.3 is 9.80 Å². The second kappa shape index (κ2) is 6.89. The highest BCUT2D eigenvalue weighted by Gasteiger charge is 2.36. The molecule has 2 aliphatic rings. The van der Waals surface area contributed by atoms with E-state index in [2.05, 4.69) is 20.2 Å². The predicted molar refractivity (Wildman–Crippen MR) is 104 cm³/mol. The molecule has 162 valence electrons. The highest BCUT2D eigenvalue weighted by molar-refractivity contribution is 5.77. The Morgan fingerprint density at radius 2 is 1.97 bits per heavy atom. The first-order chi connectivity index (χ1) is 14.7. The summed E-state index contributed by atoms with van der Waals surface area (Å²) in [6, 6.07) is 2.62. The van der Waals surface area contributed by atoms with E-state index in [1.54, 1.807) is 11.0 Å². The fourth-order valence-corrected chi connectivity index (χ4v) is 4.33. The zero-order valence-corrected chi connectivity index (χ0v) is 17.0. The maximum atomic E-state index is 12.9. The van der Waals surface area contributed by atoms with Crippen molar-refractivity contribution in [2.24, 2.45) is 5.92 Å². The molecule has 8 nitrogen and oxygen atoms in total. The van der Waals surface area contributed by atoms with Crippen molar-refractivity contribution in [2.75, 3.05) is 18.0 Å². The van der Waals surface area contributed by atoms with Crippen LogP contribution in [0.5, 0.6) is 0 Å². The van der Waals surface area contributed by atoms with Gasteiger partial charge in [0.05, 0.1) is 12.2 Å². The summed E-state index contributed by atoms with van der Waals surface area (Å²) < 4.78 is 40.5. The van der Waals surface area contributed by atoms with Crippen LogP contribution < -0.4 is 4.90 Å². The van der Waals surface area contributed by atoms with Crippen molar-refractivity contribution in [3.8, 4) is 0 Å². The Hall–Kier alpha value is -3.24. The van der Waals surface area contributed by atoms with Gasteiger partial charge in [-0.05, 0) is 26.0 Å². The number of carbonyl (C=O) groups excluding carboxylic acids is 1. The van der Waals surface area contributed by atoms with Gasteiger partial charge in [0.1, 0.15) is 11.5 Å². The minimum Gasteiger partial charge on any atom is -0.371 e. The summed E-state index contributed by atoms with van der Waals surface area (Å²) in [7, 11) is 0. The molecule has 0 aromatic carbocycles. The molecular formula is C20H20F3N7O. The second-order valence-corrected chi connectivity index (χ2v) is 8.13. The number of alkyl halides is 3. The van der Waals surface area contributed by atoms with E-state index >= 15 is 0 Å². The highest BCUT2D eigenvalue weighted by atomic mass is 19.4. The van der Waals surface area contributed by atoms with Crippen LogP contribution in [0.4, 0.5) is 18.9 Å². The Labute approximate surface area is 175 Å². The number of anilines is 1. The molecule has 3 aromatic heterocycles. The molecule has 0 radical (unpaired) electrons. The van der Waals surface area contributed by atoms with Crippen LogP contribution in [0, 0.1) is 19.8 Å². The SMILES string of the molecule is Cc1nc2nnc(C)n2c2c1CN(C(=O)CC1CN(c3ccnc(C(F)(F)F)c3)C1)C2. The number of rotatable bonds is 3. The summed E-state index contributed by atoms with van der Waals surface area (Å²) in [6.45, 7) is 5.82. The van der Waals surface area contributed by atoms with E-state index in [4.69, 9.17) is 0 Å². The number of nitrogens with zero attached hydrogens (tertiary/aromatic N) is 7. The second-order valence-electron chi connectivity index (χ2n) is 8.13. The molecule has 11 heteroatoms. The molecule has 0 N–H and O–H groups in total. The van der Waals surface area contributed by atoms with Crippen molar-refractivity contribution in [1.82, 2.24) is 29.5 Å². The van der Waals surface area contributed by atoms with Gasteiger partial charge in [-0.15, -0.1) is 10.2 Å². The molecule has 0 saturated carbocycles. The van der Waals surface area contributed by atoms with Gasteiger partial charge in [0, 0.05) is 55.1 Å². The standard InChI is InChI=1S/C20H20F3N7O/c1-11-15-9-29(10-16(15)30-12(2)26-27-19(30)25-11)18(31)5-13-7-28(8-13)14-3-4-24-17(6-14)20(21,22)23/h3-4,6,13H,5,7-10H2,1-2H3. The van der Waals surface area contributed by atoms with Crippen molar-refractivity contribution >= 4 is 17.4 Å². The van der Waals surface area contributed by atoms with E-state index < -0.39 is 11.9 Å². The van der Waals surface area contributed by atoms with Crippen molar-refractivity contribution < 1.29 is 18.0 Å². The fraction of sp³-hybridized carbons (Fsp3) is 0.450. The molecule has 1 amide bonds. The van der Waals surface area contributed by atoms with E-state index in [0.717, 1.165) is 28.8 Å². The van der Waals surface area contributed by atoms with E-state index in [-0.39, 0.29) is 11.8 Å². The molecule has 5 rings (SSSR count). The van der Waals surface area contributed by atoms with Crippen LogP contribution in [0.15, 0.2) is 18.3 Å². The zero-order chi connectivity index (χ0) is 21.9. The van der Waals surface area contributed by atoms with Crippen LogP contribution in [0.3, 0.4) is 0 Å². The molecule has 0 atom stereocenters. The summed E-state index contributed by atoms with van der Waals surface area (Å²) in [6.07, 6.45) is -2.94. The normalized spacial score (nSPS) is 16.7. The monoisotopic (exact) mass is 431 g/mol. The number of aryl methyl sites for hydroxylation is 2. The molecule has 0 spiro atoms. The maximum Gasteiger partial charge on any atom is 0.433 e. The Balaban J connectivity index is 1.23. The summed E-state index contributed by atoms with van der Waals surface area (Å²) in [5.41, 5.74) is 2.43. The van der Waals surface area contributed by atoms with Gasteiger partial charge >= 0.3 is 6.18 Å². The third kappa shape index (κ3) is 3.37. The largest absolute Gasteiger partial charge is 0.433 e. The first kappa shape index (κ1) is 19.7. The Morgan fingerprint density at radius 1 is 1.19 bits per heavy atom. The number of fused-ring (bicyclic) bond motifs is 3. The van der Waals surface area contributed by atoms with Crippen LogP contribution in [0.2, 0.25) is 0 Å². The van der Waals surface area contributed by atoms with Crippen molar-refractivity contribution in [3.63, 3.8) is 0 Å². The number of amides is 1. The number of halogens is 3. The lowest BCUT2D eigenvalue weighted by molar-refractivity contribution is -0.141.